The van der Waals surface area contributed by atoms with Gasteiger partial charge in [-0.3, -0.25) is 19.2 Å². The van der Waals surface area contributed by atoms with E-state index in [1.165, 1.54) is 23.4 Å². The van der Waals surface area contributed by atoms with Crippen LogP contribution < -0.4 is 4.31 Å². The molecule has 41 heavy (non-hydrogen) atoms. The summed E-state index contributed by atoms with van der Waals surface area (Å²) in [4.78, 5) is 26.2. The molecule has 7 nitrogen and oxygen atoms in total. The summed E-state index contributed by atoms with van der Waals surface area (Å²) in [7, 11) is -4.26. The van der Waals surface area contributed by atoms with Crippen molar-refractivity contribution in [3.8, 4) is 0 Å². The van der Waals surface area contributed by atoms with Gasteiger partial charge in [0.2, 0.25) is 0 Å². The minimum atomic E-state index is -4.26. The lowest BCUT2D eigenvalue weighted by molar-refractivity contribution is -0.572. The van der Waals surface area contributed by atoms with Crippen molar-refractivity contribution in [2.75, 3.05) is 4.31 Å². The van der Waals surface area contributed by atoms with Crippen molar-refractivity contribution in [2.45, 2.75) is 42.7 Å². The number of Topliss-reactive ketones (excluding diaryl/α,β-unsaturated/α-hetero) is 1. The third kappa shape index (κ3) is 5.18. The molecule has 0 fully saturated rings. The molecule has 3 atom stereocenters. The molecule has 0 saturated heterocycles. The van der Waals surface area contributed by atoms with E-state index in [9.17, 15) is 23.3 Å². The number of rotatable bonds is 8. The average Bonchev–Trinajstić information content (AvgIpc) is 2.98. The molecule has 5 rings (SSSR count). The Morgan fingerprint density at radius 2 is 1.49 bits per heavy atom. The number of hydrogen-bond acceptors (Lipinski definition) is 5. The van der Waals surface area contributed by atoms with Crippen LogP contribution in [-0.4, -0.2) is 30.7 Å². The van der Waals surface area contributed by atoms with Crippen LogP contribution in [0.5, 0.6) is 0 Å². The number of benzene rings is 4. The average molecular weight is 567 g/mol. The first-order valence-corrected chi connectivity index (χ1v) is 14.7. The van der Waals surface area contributed by atoms with Gasteiger partial charge in [0.1, 0.15) is 6.04 Å². The standard InChI is InChI=1S/C33H30N2O5S/c1-24-17-20-27(21-18-24)41(39,40)34-30-16-10-9-15-28(30)29(23-31(36)26-13-7-4-8-14-26)33(2,35(37)38)32(34)22-19-25-11-5-3-6-12-25/h3-22,29,32H,23H2,1-2H3/b22-19+/t29-,32-,33+/m1/s1. The van der Waals surface area contributed by atoms with Gasteiger partial charge in [-0.25, -0.2) is 8.42 Å². The van der Waals surface area contributed by atoms with Crippen LogP contribution >= 0.6 is 0 Å². The molecule has 0 aromatic heterocycles. The van der Waals surface area contributed by atoms with Crippen molar-refractivity contribution < 1.29 is 18.1 Å². The van der Waals surface area contributed by atoms with Crippen LogP contribution in [0, 0.1) is 17.0 Å². The largest absolute Gasteiger partial charge is 0.294 e. The van der Waals surface area contributed by atoms with Gasteiger partial charge in [-0.1, -0.05) is 109 Å². The second kappa shape index (κ2) is 11.1. The molecule has 0 bridgehead atoms. The minimum Gasteiger partial charge on any atom is -0.294 e. The zero-order valence-corrected chi connectivity index (χ0v) is 23.6. The zero-order valence-electron chi connectivity index (χ0n) is 22.8. The molecule has 1 aliphatic heterocycles. The number of carbonyl (C=O) groups excluding carboxylic acids is 1. The normalized spacial score (nSPS) is 20.5. The first kappa shape index (κ1) is 28.0. The van der Waals surface area contributed by atoms with Gasteiger partial charge in [-0.2, -0.15) is 0 Å². The number of nitrogens with zero attached hydrogens (tertiary/aromatic N) is 2. The van der Waals surface area contributed by atoms with Gasteiger partial charge in [-0.15, -0.1) is 0 Å². The summed E-state index contributed by atoms with van der Waals surface area (Å²) >= 11 is 0. The summed E-state index contributed by atoms with van der Waals surface area (Å²) in [6.07, 6.45) is 3.13. The summed E-state index contributed by atoms with van der Waals surface area (Å²) in [5.74, 6) is -1.16. The van der Waals surface area contributed by atoms with Crippen molar-refractivity contribution in [1.82, 2.24) is 0 Å². The first-order chi connectivity index (χ1) is 19.6. The van der Waals surface area contributed by atoms with Crippen LogP contribution in [0.4, 0.5) is 5.69 Å². The summed E-state index contributed by atoms with van der Waals surface area (Å²) in [5, 5.41) is 13.1. The number of ketones is 1. The third-order valence-electron chi connectivity index (χ3n) is 7.83. The molecule has 0 amide bonds. The predicted octanol–water partition coefficient (Wildman–Crippen LogP) is 6.68. The summed E-state index contributed by atoms with van der Waals surface area (Å²) in [6, 6.07) is 29.8. The van der Waals surface area contributed by atoms with Gasteiger partial charge in [0.15, 0.2) is 5.78 Å². The Labute approximate surface area is 240 Å². The van der Waals surface area contributed by atoms with Crippen LogP contribution in [0.15, 0.2) is 120 Å². The Morgan fingerprint density at radius 3 is 2.12 bits per heavy atom. The highest BCUT2D eigenvalue weighted by molar-refractivity contribution is 7.92. The maximum Gasteiger partial charge on any atom is 0.265 e. The van der Waals surface area contributed by atoms with Crippen LogP contribution in [0.1, 0.15) is 46.3 Å². The highest BCUT2D eigenvalue weighted by atomic mass is 32.2. The topological polar surface area (TPSA) is 97.6 Å². The van der Waals surface area contributed by atoms with Crippen LogP contribution in [0.25, 0.3) is 6.08 Å². The van der Waals surface area contributed by atoms with Gasteiger partial charge in [0.25, 0.3) is 15.6 Å². The van der Waals surface area contributed by atoms with E-state index in [0.29, 0.717) is 16.8 Å². The maximum atomic E-state index is 14.3. The molecular weight excluding hydrogens is 536 g/mol. The van der Waals surface area contributed by atoms with E-state index in [2.05, 4.69) is 0 Å². The Hall–Kier alpha value is -4.56. The van der Waals surface area contributed by atoms with Gasteiger partial charge >= 0.3 is 0 Å². The van der Waals surface area contributed by atoms with Crippen LogP contribution in [0.3, 0.4) is 0 Å². The molecule has 1 heterocycles. The molecule has 0 saturated carbocycles. The van der Waals surface area contributed by atoms with Gasteiger partial charge < -0.3 is 0 Å². The second-order valence-corrected chi connectivity index (χ2v) is 12.2. The molecule has 0 aliphatic carbocycles. The van der Waals surface area contributed by atoms with Crippen molar-refractivity contribution in [1.29, 1.82) is 0 Å². The molecule has 0 radical (unpaired) electrons. The Balaban J connectivity index is 1.75. The molecule has 0 N–H and O–H groups in total. The fourth-order valence-electron chi connectivity index (χ4n) is 5.51. The summed E-state index contributed by atoms with van der Waals surface area (Å²) < 4.78 is 29.9. The lowest BCUT2D eigenvalue weighted by Gasteiger charge is -2.46. The highest BCUT2D eigenvalue weighted by Gasteiger charge is 2.61. The van der Waals surface area contributed by atoms with Gasteiger partial charge in [0, 0.05) is 23.8 Å². The summed E-state index contributed by atoms with van der Waals surface area (Å²) in [5.41, 5.74) is 0.973. The lowest BCUT2D eigenvalue weighted by Crippen LogP contribution is -2.62. The zero-order chi connectivity index (χ0) is 29.2. The van der Waals surface area contributed by atoms with E-state index in [4.69, 9.17) is 0 Å². The molecule has 4 aromatic rings. The Morgan fingerprint density at radius 1 is 0.902 bits per heavy atom. The molecular formula is C33H30N2O5S. The number of hydrogen-bond donors (Lipinski definition) is 0. The van der Waals surface area contributed by atoms with E-state index in [0.717, 1.165) is 11.1 Å². The molecule has 1 aliphatic rings. The van der Waals surface area contributed by atoms with Gasteiger partial charge in [0.05, 0.1) is 16.5 Å². The van der Waals surface area contributed by atoms with Crippen molar-refractivity contribution in [2.24, 2.45) is 0 Å². The van der Waals surface area contributed by atoms with E-state index in [1.54, 1.807) is 78.9 Å². The predicted molar refractivity (Wildman–Crippen MR) is 160 cm³/mol. The summed E-state index contributed by atoms with van der Waals surface area (Å²) in [6.45, 7) is 3.31. The second-order valence-electron chi connectivity index (χ2n) is 10.4. The lowest BCUT2D eigenvalue weighted by atomic mass is 9.69. The van der Waals surface area contributed by atoms with Crippen molar-refractivity contribution in [3.05, 3.63) is 148 Å². The van der Waals surface area contributed by atoms with Gasteiger partial charge in [-0.05, 0) is 36.2 Å². The van der Waals surface area contributed by atoms with Crippen molar-refractivity contribution >= 4 is 27.6 Å². The molecule has 208 valence electrons. The minimum absolute atomic E-state index is 0.0283. The van der Waals surface area contributed by atoms with E-state index in [-0.39, 0.29) is 17.1 Å². The highest BCUT2D eigenvalue weighted by Crippen LogP contribution is 2.50. The number of sulfonamides is 1. The maximum absolute atomic E-state index is 14.3. The number of carbonyl (C=O) groups is 1. The molecule has 8 heteroatoms. The Kier molecular flexibility index (Phi) is 7.60. The number of para-hydroxylation sites is 1. The quantitative estimate of drug-likeness (QED) is 0.135. The van der Waals surface area contributed by atoms with E-state index < -0.39 is 32.4 Å². The van der Waals surface area contributed by atoms with E-state index in [1.807, 2.05) is 37.3 Å². The SMILES string of the molecule is Cc1ccc(S(=O)(=O)N2c3ccccc3[C@@H](CC(=O)c3ccccc3)[C@](C)([N+](=O)[O-])[C@H]2/C=C/c2ccccc2)cc1. The molecule has 0 spiro atoms. The number of fused-ring (bicyclic) bond motifs is 1. The molecule has 4 aromatic carbocycles. The van der Waals surface area contributed by atoms with Crippen LogP contribution in [-0.2, 0) is 10.0 Å². The monoisotopic (exact) mass is 566 g/mol. The fraction of sp³-hybridized carbons (Fsp3) is 0.182. The fourth-order valence-corrected chi connectivity index (χ4v) is 7.23. The third-order valence-corrected chi connectivity index (χ3v) is 9.64. The smallest absolute Gasteiger partial charge is 0.265 e. The number of nitro groups is 1. The van der Waals surface area contributed by atoms with E-state index >= 15 is 0 Å². The van der Waals surface area contributed by atoms with Crippen molar-refractivity contribution in [3.63, 3.8) is 0 Å². The molecule has 0 unspecified atom stereocenters. The number of anilines is 1. The first-order valence-electron chi connectivity index (χ1n) is 13.3. The Bertz CT molecular complexity index is 1700. The van der Waals surface area contributed by atoms with Crippen LogP contribution in [0.2, 0.25) is 0 Å². The number of aryl methyl sites for hydroxylation is 1.